The standard InChI is InChI=1S/C22H22F3N3O3/c1-28(14-18(29)16-7-3-2-4-8-16)21(30)11-10-19-26-27-20(31-19)13-15-6-5-9-17(12-15)22(23,24)25/h2-9,12,18,29H,10-11,13-14H2,1H3/t18-/m0/s1. The quantitative estimate of drug-likeness (QED) is 0.585. The fourth-order valence-corrected chi connectivity index (χ4v) is 3.04. The van der Waals surface area contributed by atoms with Gasteiger partial charge in [-0.2, -0.15) is 13.2 Å². The number of aliphatic hydroxyl groups excluding tert-OH is 1. The molecule has 1 atom stereocenters. The Kier molecular flexibility index (Phi) is 7.06. The van der Waals surface area contributed by atoms with Crippen molar-refractivity contribution in [1.29, 1.82) is 0 Å². The van der Waals surface area contributed by atoms with E-state index in [0.29, 0.717) is 5.56 Å². The van der Waals surface area contributed by atoms with Gasteiger partial charge in [0.2, 0.25) is 17.7 Å². The van der Waals surface area contributed by atoms with Crippen molar-refractivity contribution in [1.82, 2.24) is 15.1 Å². The van der Waals surface area contributed by atoms with Gasteiger partial charge in [-0.3, -0.25) is 4.79 Å². The van der Waals surface area contributed by atoms with Crippen molar-refractivity contribution >= 4 is 5.91 Å². The number of aryl methyl sites for hydroxylation is 1. The summed E-state index contributed by atoms with van der Waals surface area (Å²) >= 11 is 0. The van der Waals surface area contributed by atoms with Crippen LogP contribution in [0.2, 0.25) is 0 Å². The van der Waals surface area contributed by atoms with Crippen LogP contribution in [0.3, 0.4) is 0 Å². The van der Waals surface area contributed by atoms with Gasteiger partial charge in [0.05, 0.1) is 24.6 Å². The summed E-state index contributed by atoms with van der Waals surface area (Å²) in [6.45, 7) is 0.146. The number of likely N-dealkylation sites (N-methyl/N-ethyl adjacent to an activating group) is 1. The fourth-order valence-electron chi connectivity index (χ4n) is 3.04. The van der Waals surface area contributed by atoms with Gasteiger partial charge in [0.25, 0.3) is 0 Å². The lowest BCUT2D eigenvalue weighted by Crippen LogP contribution is -2.31. The first-order valence-corrected chi connectivity index (χ1v) is 9.66. The molecule has 0 aliphatic rings. The van der Waals surface area contributed by atoms with E-state index in [0.717, 1.165) is 17.7 Å². The molecule has 0 aliphatic carbocycles. The second-order valence-electron chi connectivity index (χ2n) is 7.17. The van der Waals surface area contributed by atoms with Crippen LogP contribution in [-0.2, 0) is 23.8 Å². The third-order valence-electron chi connectivity index (χ3n) is 4.73. The van der Waals surface area contributed by atoms with Crippen LogP contribution >= 0.6 is 0 Å². The van der Waals surface area contributed by atoms with E-state index in [1.807, 2.05) is 18.2 Å². The Labute approximate surface area is 177 Å². The monoisotopic (exact) mass is 433 g/mol. The van der Waals surface area contributed by atoms with Gasteiger partial charge in [-0.25, -0.2) is 0 Å². The minimum absolute atomic E-state index is 0.0635. The number of hydrogen-bond donors (Lipinski definition) is 1. The molecule has 0 unspecified atom stereocenters. The number of rotatable bonds is 8. The van der Waals surface area contributed by atoms with Crippen molar-refractivity contribution in [2.75, 3.05) is 13.6 Å². The van der Waals surface area contributed by atoms with Gasteiger partial charge >= 0.3 is 6.18 Å². The molecule has 0 saturated heterocycles. The minimum Gasteiger partial charge on any atom is -0.425 e. The van der Waals surface area contributed by atoms with Crippen molar-refractivity contribution in [3.8, 4) is 0 Å². The zero-order valence-corrected chi connectivity index (χ0v) is 16.8. The Morgan fingerprint density at radius 3 is 2.52 bits per heavy atom. The molecule has 0 radical (unpaired) electrons. The molecule has 3 aromatic rings. The number of amides is 1. The molecule has 1 amide bonds. The first kappa shape index (κ1) is 22.5. The number of carbonyl (C=O) groups excluding carboxylic acids is 1. The van der Waals surface area contributed by atoms with E-state index in [1.54, 1.807) is 25.2 Å². The number of carbonyl (C=O) groups is 1. The van der Waals surface area contributed by atoms with Crippen LogP contribution in [0.15, 0.2) is 59.0 Å². The third kappa shape index (κ3) is 6.39. The summed E-state index contributed by atoms with van der Waals surface area (Å²) in [6.07, 6.45) is -4.86. The van der Waals surface area contributed by atoms with E-state index in [-0.39, 0.29) is 43.5 Å². The summed E-state index contributed by atoms with van der Waals surface area (Å²) in [5.41, 5.74) is 0.380. The molecule has 1 N–H and O–H groups in total. The topological polar surface area (TPSA) is 79.5 Å². The van der Waals surface area contributed by atoms with Crippen molar-refractivity contribution < 1.29 is 27.5 Å². The SMILES string of the molecule is CN(C[C@H](O)c1ccccc1)C(=O)CCc1nnc(Cc2cccc(C(F)(F)F)c2)o1. The summed E-state index contributed by atoms with van der Waals surface area (Å²) in [6, 6.07) is 14.0. The molecule has 1 aromatic heterocycles. The lowest BCUT2D eigenvalue weighted by molar-refractivity contribution is -0.137. The smallest absolute Gasteiger partial charge is 0.416 e. The Morgan fingerprint density at radius 2 is 1.81 bits per heavy atom. The van der Waals surface area contributed by atoms with Crippen LogP contribution in [0.1, 0.15) is 41.0 Å². The van der Waals surface area contributed by atoms with Gasteiger partial charge in [-0.1, -0.05) is 48.5 Å². The number of benzene rings is 2. The Hall–Kier alpha value is -3.20. The Morgan fingerprint density at radius 1 is 1.10 bits per heavy atom. The van der Waals surface area contributed by atoms with Crippen LogP contribution in [0.25, 0.3) is 0 Å². The highest BCUT2D eigenvalue weighted by Crippen LogP contribution is 2.30. The largest absolute Gasteiger partial charge is 0.425 e. The molecule has 164 valence electrons. The van der Waals surface area contributed by atoms with Gasteiger partial charge in [-0.15, -0.1) is 10.2 Å². The van der Waals surface area contributed by atoms with Crippen LogP contribution in [-0.4, -0.2) is 39.7 Å². The summed E-state index contributed by atoms with van der Waals surface area (Å²) < 4.78 is 43.9. The zero-order chi connectivity index (χ0) is 22.4. The normalized spacial score (nSPS) is 12.5. The van der Waals surface area contributed by atoms with Crippen LogP contribution < -0.4 is 0 Å². The van der Waals surface area contributed by atoms with Gasteiger partial charge in [-0.05, 0) is 17.2 Å². The maximum atomic E-state index is 12.8. The van der Waals surface area contributed by atoms with Crippen molar-refractivity contribution in [3.05, 3.63) is 83.1 Å². The highest BCUT2D eigenvalue weighted by atomic mass is 19.4. The van der Waals surface area contributed by atoms with Gasteiger partial charge in [0, 0.05) is 19.9 Å². The third-order valence-corrected chi connectivity index (χ3v) is 4.73. The zero-order valence-electron chi connectivity index (χ0n) is 16.8. The molecule has 0 bridgehead atoms. The number of hydrogen-bond acceptors (Lipinski definition) is 5. The molecule has 0 saturated carbocycles. The first-order valence-electron chi connectivity index (χ1n) is 9.66. The van der Waals surface area contributed by atoms with E-state index in [1.165, 1.54) is 11.0 Å². The van der Waals surface area contributed by atoms with Crippen molar-refractivity contribution in [2.24, 2.45) is 0 Å². The van der Waals surface area contributed by atoms with E-state index in [4.69, 9.17) is 4.42 Å². The van der Waals surface area contributed by atoms with Crippen LogP contribution in [0, 0.1) is 0 Å². The average molecular weight is 433 g/mol. The van der Waals surface area contributed by atoms with Crippen molar-refractivity contribution in [2.45, 2.75) is 31.5 Å². The van der Waals surface area contributed by atoms with E-state index in [2.05, 4.69) is 10.2 Å². The van der Waals surface area contributed by atoms with Gasteiger partial charge in [0.1, 0.15) is 0 Å². The molecule has 0 fully saturated rings. The highest BCUT2D eigenvalue weighted by Gasteiger charge is 2.30. The summed E-state index contributed by atoms with van der Waals surface area (Å²) in [5.74, 6) is 0.203. The van der Waals surface area contributed by atoms with Crippen LogP contribution in [0.4, 0.5) is 13.2 Å². The Balaban J connectivity index is 1.51. The minimum atomic E-state index is -4.42. The second-order valence-corrected chi connectivity index (χ2v) is 7.17. The number of aromatic nitrogens is 2. The predicted octanol–water partition coefficient (Wildman–Crippen LogP) is 3.80. The summed E-state index contributed by atoms with van der Waals surface area (Å²) in [5, 5.41) is 17.9. The maximum absolute atomic E-state index is 12.8. The number of alkyl halides is 3. The van der Waals surface area contributed by atoms with E-state index >= 15 is 0 Å². The second kappa shape index (κ2) is 9.74. The molecular weight excluding hydrogens is 411 g/mol. The Bertz CT molecular complexity index is 1010. The molecular formula is C22H22F3N3O3. The molecule has 3 rings (SSSR count). The molecule has 0 spiro atoms. The summed E-state index contributed by atoms with van der Waals surface area (Å²) in [7, 11) is 1.60. The van der Waals surface area contributed by atoms with Crippen LogP contribution in [0.5, 0.6) is 0 Å². The van der Waals surface area contributed by atoms with E-state index < -0.39 is 17.8 Å². The first-order chi connectivity index (χ1) is 14.7. The van der Waals surface area contributed by atoms with Gasteiger partial charge < -0.3 is 14.4 Å². The maximum Gasteiger partial charge on any atom is 0.416 e. The lowest BCUT2D eigenvalue weighted by Gasteiger charge is -2.21. The van der Waals surface area contributed by atoms with Crippen molar-refractivity contribution in [3.63, 3.8) is 0 Å². The number of nitrogens with zero attached hydrogens (tertiary/aromatic N) is 3. The molecule has 9 heteroatoms. The number of aliphatic hydroxyl groups is 1. The van der Waals surface area contributed by atoms with Gasteiger partial charge in [0.15, 0.2) is 0 Å². The fraction of sp³-hybridized carbons (Fsp3) is 0.318. The summed E-state index contributed by atoms with van der Waals surface area (Å²) in [4.78, 5) is 13.8. The molecule has 6 nitrogen and oxygen atoms in total. The lowest BCUT2D eigenvalue weighted by atomic mass is 10.1. The molecule has 31 heavy (non-hydrogen) atoms. The number of halogens is 3. The molecule has 2 aromatic carbocycles. The highest BCUT2D eigenvalue weighted by molar-refractivity contribution is 5.76. The molecule has 1 heterocycles. The average Bonchev–Trinajstić information content (AvgIpc) is 3.19. The molecule has 0 aliphatic heterocycles. The predicted molar refractivity (Wildman–Crippen MR) is 106 cm³/mol. The van der Waals surface area contributed by atoms with E-state index in [9.17, 15) is 23.1 Å².